The van der Waals surface area contributed by atoms with Gasteiger partial charge in [0.25, 0.3) is 0 Å². The molecule has 22 heavy (non-hydrogen) atoms. The van der Waals surface area contributed by atoms with Gasteiger partial charge in [0, 0.05) is 10.6 Å². The molecule has 116 valence electrons. The molecule has 1 atom stereocenters. The quantitative estimate of drug-likeness (QED) is 0.817. The average molecular weight is 334 g/mol. The highest BCUT2D eigenvalue weighted by Gasteiger charge is 2.11. The maximum Gasteiger partial charge on any atom is 0.234 e. The molecule has 0 fully saturated rings. The lowest BCUT2D eigenvalue weighted by Crippen LogP contribution is -2.28. The second-order valence-corrected chi connectivity index (χ2v) is 6.68. The lowest BCUT2D eigenvalue weighted by molar-refractivity contribution is -0.119. The van der Waals surface area contributed by atoms with Gasteiger partial charge in [-0.1, -0.05) is 24.3 Å². The van der Waals surface area contributed by atoms with Crippen LogP contribution in [0.25, 0.3) is 0 Å². The van der Waals surface area contributed by atoms with Crippen LogP contribution in [0, 0.1) is 0 Å². The SMILES string of the molecule is C[C@@H](NC(=O)CSCC(=O)Nc1ccccc1)c1cccs1. The zero-order valence-corrected chi connectivity index (χ0v) is 13.9. The topological polar surface area (TPSA) is 58.2 Å². The molecule has 2 aromatic rings. The summed E-state index contributed by atoms with van der Waals surface area (Å²) < 4.78 is 0. The van der Waals surface area contributed by atoms with E-state index in [1.165, 1.54) is 11.8 Å². The van der Waals surface area contributed by atoms with Crippen molar-refractivity contribution < 1.29 is 9.59 Å². The second kappa shape index (κ2) is 8.60. The molecule has 0 aliphatic carbocycles. The molecule has 0 bridgehead atoms. The molecule has 1 aromatic carbocycles. The first-order chi connectivity index (χ1) is 10.6. The number of thiophene rings is 1. The van der Waals surface area contributed by atoms with Crippen LogP contribution >= 0.6 is 23.1 Å². The molecule has 0 unspecified atom stereocenters. The third kappa shape index (κ3) is 5.54. The van der Waals surface area contributed by atoms with Crippen molar-refractivity contribution in [2.24, 2.45) is 0 Å². The van der Waals surface area contributed by atoms with Gasteiger partial charge >= 0.3 is 0 Å². The van der Waals surface area contributed by atoms with Gasteiger partial charge < -0.3 is 10.6 Å². The number of carbonyl (C=O) groups excluding carboxylic acids is 2. The van der Waals surface area contributed by atoms with Gasteiger partial charge in [0.05, 0.1) is 17.5 Å². The van der Waals surface area contributed by atoms with Crippen LogP contribution in [0.3, 0.4) is 0 Å². The minimum absolute atomic E-state index is 0.00578. The van der Waals surface area contributed by atoms with Crippen LogP contribution in [0.5, 0.6) is 0 Å². The van der Waals surface area contributed by atoms with Crippen molar-refractivity contribution in [2.75, 3.05) is 16.8 Å². The van der Waals surface area contributed by atoms with Crippen LogP contribution in [0.1, 0.15) is 17.8 Å². The van der Waals surface area contributed by atoms with E-state index in [9.17, 15) is 9.59 Å². The zero-order chi connectivity index (χ0) is 15.8. The van der Waals surface area contributed by atoms with Crippen LogP contribution in [-0.2, 0) is 9.59 Å². The fourth-order valence-corrected chi connectivity index (χ4v) is 3.21. The first-order valence-corrected chi connectivity index (χ1v) is 8.94. The number of anilines is 1. The van der Waals surface area contributed by atoms with E-state index in [1.807, 2.05) is 54.8 Å². The highest BCUT2D eigenvalue weighted by molar-refractivity contribution is 8.00. The van der Waals surface area contributed by atoms with E-state index in [2.05, 4.69) is 10.6 Å². The molecule has 2 N–H and O–H groups in total. The summed E-state index contributed by atoms with van der Waals surface area (Å²) in [4.78, 5) is 24.7. The Labute approximate surface area is 138 Å². The third-order valence-electron chi connectivity index (χ3n) is 2.87. The zero-order valence-electron chi connectivity index (χ0n) is 12.2. The Morgan fingerprint density at radius 2 is 1.82 bits per heavy atom. The largest absolute Gasteiger partial charge is 0.348 e. The Bertz CT molecular complexity index is 600. The predicted molar refractivity (Wildman–Crippen MR) is 93.3 cm³/mol. The lowest BCUT2D eigenvalue weighted by atomic mass is 10.3. The molecule has 0 aliphatic heterocycles. The third-order valence-corrected chi connectivity index (χ3v) is 4.86. The molecule has 0 radical (unpaired) electrons. The summed E-state index contributed by atoms with van der Waals surface area (Å²) in [5, 5.41) is 7.70. The van der Waals surface area contributed by atoms with Gasteiger partial charge in [-0.2, -0.15) is 0 Å². The molecular weight excluding hydrogens is 316 g/mol. The van der Waals surface area contributed by atoms with Gasteiger partial charge in [0.15, 0.2) is 0 Å². The van der Waals surface area contributed by atoms with Gasteiger partial charge in [0.1, 0.15) is 0 Å². The summed E-state index contributed by atoms with van der Waals surface area (Å²) in [6.45, 7) is 1.95. The fourth-order valence-electron chi connectivity index (χ4n) is 1.85. The van der Waals surface area contributed by atoms with E-state index < -0.39 is 0 Å². The van der Waals surface area contributed by atoms with E-state index >= 15 is 0 Å². The number of rotatable bonds is 7. The summed E-state index contributed by atoms with van der Waals surface area (Å²) >= 11 is 2.92. The molecule has 4 nitrogen and oxygen atoms in total. The summed E-state index contributed by atoms with van der Waals surface area (Å²) in [5.41, 5.74) is 0.767. The van der Waals surface area contributed by atoms with Gasteiger partial charge in [-0.25, -0.2) is 0 Å². The monoisotopic (exact) mass is 334 g/mol. The van der Waals surface area contributed by atoms with Crippen LogP contribution < -0.4 is 10.6 Å². The number of hydrogen-bond acceptors (Lipinski definition) is 4. The van der Waals surface area contributed by atoms with Crippen molar-refractivity contribution in [3.05, 3.63) is 52.7 Å². The Kier molecular flexibility index (Phi) is 6.48. The number of carbonyl (C=O) groups is 2. The minimum atomic E-state index is -0.102. The number of thioether (sulfide) groups is 1. The molecule has 2 amide bonds. The van der Waals surface area contributed by atoms with Crippen LogP contribution in [0.4, 0.5) is 5.69 Å². The molecule has 6 heteroatoms. The van der Waals surface area contributed by atoms with Crippen LogP contribution in [-0.4, -0.2) is 23.3 Å². The average Bonchev–Trinajstić information content (AvgIpc) is 3.02. The summed E-state index contributed by atoms with van der Waals surface area (Å²) in [7, 11) is 0. The van der Waals surface area contributed by atoms with Crippen molar-refractivity contribution >= 4 is 40.6 Å². The van der Waals surface area contributed by atoms with E-state index in [4.69, 9.17) is 0 Å². The number of hydrogen-bond donors (Lipinski definition) is 2. The van der Waals surface area contributed by atoms with E-state index in [1.54, 1.807) is 11.3 Å². The second-order valence-electron chi connectivity index (χ2n) is 4.71. The first kappa shape index (κ1) is 16.6. The predicted octanol–water partition coefficient (Wildman–Crippen LogP) is 3.30. The molecular formula is C16H18N2O2S2. The molecule has 0 saturated heterocycles. The fraction of sp³-hybridized carbons (Fsp3) is 0.250. The Morgan fingerprint density at radius 1 is 1.09 bits per heavy atom. The van der Waals surface area contributed by atoms with Crippen molar-refractivity contribution in [1.29, 1.82) is 0 Å². The normalized spacial score (nSPS) is 11.7. The maximum absolute atomic E-state index is 11.8. The summed E-state index contributed by atoms with van der Waals surface area (Å²) in [6.07, 6.45) is 0. The number of benzene rings is 1. The van der Waals surface area contributed by atoms with Gasteiger partial charge in [-0.3, -0.25) is 9.59 Å². The molecule has 0 spiro atoms. The van der Waals surface area contributed by atoms with E-state index in [-0.39, 0.29) is 29.4 Å². The van der Waals surface area contributed by atoms with Crippen LogP contribution in [0.2, 0.25) is 0 Å². The van der Waals surface area contributed by atoms with Crippen molar-refractivity contribution in [3.63, 3.8) is 0 Å². The Morgan fingerprint density at radius 3 is 2.50 bits per heavy atom. The summed E-state index contributed by atoms with van der Waals surface area (Å²) in [6, 6.07) is 13.2. The van der Waals surface area contributed by atoms with Crippen LogP contribution in [0.15, 0.2) is 47.8 Å². The Balaban J connectivity index is 1.65. The van der Waals surface area contributed by atoms with Gasteiger partial charge in [-0.15, -0.1) is 23.1 Å². The molecule has 0 saturated carbocycles. The number of amides is 2. The van der Waals surface area contributed by atoms with Gasteiger partial charge in [-0.05, 0) is 30.5 Å². The van der Waals surface area contributed by atoms with Gasteiger partial charge in [0.2, 0.25) is 11.8 Å². The molecule has 1 heterocycles. The highest BCUT2D eigenvalue weighted by Crippen LogP contribution is 2.18. The van der Waals surface area contributed by atoms with Crippen molar-refractivity contribution in [2.45, 2.75) is 13.0 Å². The summed E-state index contributed by atoms with van der Waals surface area (Å²) in [5.74, 6) is 0.377. The molecule has 0 aliphatic rings. The smallest absolute Gasteiger partial charge is 0.234 e. The number of para-hydroxylation sites is 1. The Hall–Kier alpha value is -1.79. The van der Waals surface area contributed by atoms with Crippen molar-refractivity contribution in [3.8, 4) is 0 Å². The van der Waals surface area contributed by atoms with E-state index in [0.717, 1.165) is 10.6 Å². The first-order valence-electron chi connectivity index (χ1n) is 6.90. The maximum atomic E-state index is 11.8. The van der Waals surface area contributed by atoms with E-state index in [0.29, 0.717) is 0 Å². The standard InChI is InChI=1S/C16H18N2O2S2/c1-12(14-8-5-9-22-14)17-15(19)10-21-11-16(20)18-13-6-3-2-4-7-13/h2-9,12H,10-11H2,1H3,(H,17,19)(H,18,20)/t12-/m1/s1. The minimum Gasteiger partial charge on any atom is -0.348 e. The van der Waals surface area contributed by atoms with Crippen molar-refractivity contribution in [1.82, 2.24) is 5.32 Å². The lowest BCUT2D eigenvalue weighted by Gasteiger charge is -2.12. The molecule has 1 aromatic heterocycles. The highest BCUT2D eigenvalue weighted by atomic mass is 32.2. The number of nitrogens with one attached hydrogen (secondary N) is 2. The molecule has 2 rings (SSSR count).